The molecule has 0 aromatic carbocycles. The Morgan fingerprint density at radius 3 is 2.11 bits per heavy atom. The maximum Gasteiger partial charge on any atom is 0.00967 e. The monoisotopic (exact) mass is 266 g/mol. The highest BCUT2D eigenvalue weighted by molar-refractivity contribution is 4.92. The lowest BCUT2D eigenvalue weighted by molar-refractivity contribution is 0.131. The van der Waals surface area contributed by atoms with E-state index in [1.54, 1.807) is 0 Å². The van der Waals surface area contributed by atoms with E-state index in [0.29, 0.717) is 5.41 Å². The molecular formula is C17H34N2. The summed E-state index contributed by atoms with van der Waals surface area (Å²) in [4.78, 5) is 2.65. The molecule has 0 amide bonds. The summed E-state index contributed by atoms with van der Waals surface area (Å²) in [6.45, 7) is 9.39. The van der Waals surface area contributed by atoms with E-state index in [2.05, 4.69) is 38.0 Å². The van der Waals surface area contributed by atoms with Gasteiger partial charge in [0, 0.05) is 24.7 Å². The highest BCUT2D eigenvalue weighted by atomic mass is 15.2. The zero-order valence-corrected chi connectivity index (χ0v) is 13.6. The number of nitrogens with zero attached hydrogens (tertiary/aromatic N) is 1. The van der Waals surface area contributed by atoms with Gasteiger partial charge in [0.25, 0.3) is 0 Å². The van der Waals surface area contributed by atoms with Crippen LogP contribution in [0.4, 0.5) is 0 Å². The molecule has 0 saturated heterocycles. The largest absolute Gasteiger partial charge is 0.311 e. The normalized spacial score (nSPS) is 24.5. The third-order valence-corrected chi connectivity index (χ3v) is 4.91. The van der Waals surface area contributed by atoms with Crippen LogP contribution in [-0.2, 0) is 0 Å². The first kappa shape index (κ1) is 15.3. The molecule has 0 heterocycles. The third-order valence-electron chi connectivity index (χ3n) is 4.91. The molecule has 2 rings (SSSR count). The molecule has 0 unspecified atom stereocenters. The average molecular weight is 266 g/mol. The molecule has 2 saturated carbocycles. The summed E-state index contributed by atoms with van der Waals surface area (Å²) < 4.78 is 0. The van der Waals surface area contributed by atoms with Gasteiger partial charge in [-0.2, -0.15) is 0 Å². The highest BCUT2D eigenvalue weighted by Gasteiger charge is 2.36. The molecule has 0 aromatic heterocycles. The molecule has 112 valence electrons. The Balaban J connectivity index is 1.97. The quantitative estimate of drug-likeness (QED) is 0.761. The number of hydrogen-bond donors (Lipinski definition) is 1. The van der Waals surface area contributed by atoms with Crippen LogP contribution in [0.2, 0.25) is 0 Å². The summed E-state index contributed by atoms with van der Waals surface area (Å²) in [5.74, 6) is 0. The topological polar surface area (TPSA) is 15.3 Å². The van der Waals surface area contributed by atoms with Gasteiger partial charge in [-0.3, -0.25) is 0 Å². The van der Waals surface area contributed by atoms with E-state index < -0.39 is 0 Å². The van der Waals surface area contributed by atoms with E-state index in [9.17, 15) is 0 Å². The van der Waals surface area contributed by atoms with Crippen molar-refractivity contribution in [1.82, 2.24) is 10.2 Å². The van der Waals surface area contributed by atoms with Crippen LogP contribution >= 0.6 is 0 Å². The van der Waals surface area contributed by atoms with Crippen LogP contribution in [0.15, 0.2) is 0 Å². The molecule has 0 atom stereocenters. The first-order valence-corrected chi connectivity index (χ1v) is 8.36. The van der Waals surface area contributed by atoms with E-state index in [4.69, 9.17) is 0 Å². The molecule has 0 radical (unpaired) electrons. The van der Waals surface area contributed by atoms with Gasteiger partial charge in [-0.15, -0.1) is 0 Å². The molecule has 0 aliphatic heterocycles. The summed E-state index contributed by atoms with van der Waals surface area (Å²) >= 11 is 0. The lowest BCUT2D eigenvalue weighted by Crippen LogP contribution is -2.48. The minimum absolute atomic E-state index is 0.247. The molecule has 0 spiro atoms. The smallest absolute Gasteiger partial charge is 0.00967 e. The van der Waals surface area contributed by atoms with Crippen molar-refractivity contribution in [3.8, 4) is 0 Å². The lowest BCUT2D eigenvalue weighted by Gasteiger charge is -2.39. The first-order valence-electron chi connectivity index (χ1n) is 8.36. The maximum absolute atomic E-state index is 3.80. The van der Waals surface area contributed by atoms with Gasteiger partial charge in [0.2, 0.25) is 0 Å². The SMILES string of the molecule is CN(CC1(CNC(C)(C)C)CCCCCC1)C1CC1. The van der Waals surface area contributed by atoms with Gasteiger partial charge in [-0.25, -0.2) is 0 Å². The Hall–Kier alpha value is -0.0800. The van der Waals surface area contributed by atoms with E-state index in [1.165, 1.54) is 64.5 Å². The van der Waals surface area contributed by atoms with Crippen LogP contribution in [-0.4, -0.2) is 36.6 Å². The molecule has 0 aromatic rings. The van der Waals surface area contributed by atoms with Crippen molar-refractivity contribution in [3.63, 3.8) is 0 Å². The van der Waals surface area contributed by atoms with Crippen LogP contribution in [0.5, 0.6) is 0 Å². The summed E-state index contributed by atoms with van der Waals surface area (Å²) in [6, 6.07) is 0.898. The second-order valence-electron chi connectivity index (χ2n) is 8.16. The predicted octanol–water partition coefficient (Wildman–Crippen LogP) is 3.81. The molecule has 2 nitrogen and oxygen atoms in total. The molecule has 2 aliphatic rings. The van der Waals surface area contributed by atoms with Crippen molar-refractivity contribution in [3.05, 3.63) is 0 Å². The third kappa shape index (κ3) is 5.07. The fourth-order valence-corrected chi connectivity index (χ4v) is 3.50. The predicted molar refractivity (Wildman–Crippen MR) is 83.5 cm³/mol. The highest BCUT2D eigenvalue weighted by Crippen LogP contribution is 2.38. The summed E-state index contributed by atoms with van der Waals surface area (Å²) in [6.07, 6.45) is 11.5. The van der Waals surface area contributed by atoms with Gasteiger partial charge in [0.15, 0.2) is 0 Å². The second-order valence-corrected chi connectivity index (χ2v) is 8.16. The summed E-state index contributed by atoms with van der Waals surface area (Å²) in [5.41, 5.74) is 0.776. The van der Waals surface area contributed by atoms with E-state index >= 15 is 0 Å². The van der Waals surface area contributed by atoms with E-state index in [-0.39, 0.29) is 5.54 Å². The average Bonchev–Trinajstić information content (AvgIpc) is 3.13. The van der Waals surface area contributed by atoms with Gasteiger partial charge in [-0.1, -0.05) is 25.7 Å². The van der Waals surface area contributed by atoms with Crippen LogP contribution in [0.25, 0.3) is 0 Å². The second kappa shape index (κ2) is 6.13. The molecule has 2 heteroatoms. The van der Waals surface area contributed by atoms with Crippen LogP contribution in [0.1, 0.15) is 72.1 Å². The van der Waals surface area contributed by atoms with Gasteiger partial charge < -0.3 is 10.2 Å². The zero-order chi connectivity index (χ0) is 13.9. The van der Waals surface area contributed by atoms with Gasteiger partial charge >= 0.3 is 0 Å². The molecule has 1 N–H and O–H groups in total. The molecule has 19 heavy (non-hydrogen) atoms. The Kier molecular flexibility index (Phi) is 4.94. The fourth-order valence-electron chi connectivity index (χ4n) is 3.50. The number of nitrogens with one attached hydrogen (secondary N) is 1. The minimum atomic E-state index is 0.247. The van der Waals surface area contributed by atoms with E-state index in [0.717, 1.165) is 6.04 Å². The van der Waals surface area contributed by atoms with Crippen molar-refractivity contribution in [2.45, 2.75) is 83.7 Å². The fraction of sp³-hybridized carbons (Fsp3) is 1.00. The standard InChI is InChI=1S/C17H34N2/c1-16(2,3)18-13-17(11-7-5-6-8-12-17)14-19(4)15-9-10-15/h15,18H,5-14H2,1-4H3. The lowest BCUT2D eigenvalue weighted by atomic mass is 9.79. The van der Waals surface area contributed by atoms with Crippen LogP contribution < -0.4 is 5.32 Å². The van der Waals surface area contributed by atoms with Crippen molar-refractivity contribution in [2.24, 2.45) is 5.41 Å². The number of hydrogen-bond acceptors (Lipinski definition) is 2. The van der Waals surface area contributed by atoms with Crippen LogP contribution in [0, 0.1) is 5.41 Å². The van der Waals surface area contributed by atoms with Gasteiger partial charge in [0.05, 0.1) is 0 Å². The summed E-state index contributed by atoms with van der Waals surface area (Å²) in [7, 11) is 2.35. The molecular weight excluding hydrogens is 232 g/mol. The van der Waals surface area contributed by atoms with Crippen molar-refractivity contribution in [2.75, 3.05) is 20.1 Å². The zero-order valence-electron chi connectivity index (χ0n) is 13.6. The van der Waals surface area contributed by atoms with E-state index in [1.807, 2.05) is 0 Å². The molecule has 2 aliphatic carbocycles. The van der Waals surface area contributed by atoms with Gasteiger partial charge in [-0.05, 0) is 58.9 Å². The number of rotatable bonds is 5. The van der Waals surface area contributed by atoms with Crippen molar-refractivity contribution >= 4 is 0 Å². The molecule has 2 fully saturated rings. The first-order chi connectivity index (χ1) is 8.90. The minimum Gasteiger partial charge on any atom is -0.311 e. The van der Waals surface area contributed by atoms with Crippen LogP contribution in [0.3, 0.4) is 0 Å². The summed E-state index contributed by atoms with van der Waals surface area (Å²) in [5, 5.41) is 3.80. The molecule has 0 bridgehead atoms. The Labute approximate surface area is 120 Å². The Morgan fingerprint density at radius 1 is 1.05 bits per heavy atom. The van der Waals surface area contributed by atoms with Crippen molar-refractivity contribution < 1.29 is 0 Å². The Bertz CT molecular complexity index is 267. The van der Waals surface area contributed by atoms with Crippen molar-refractivity contribution in [1.29, 1.82) is 0 Å². The maximum atomic E-state index is 3.80. The Morgan fingerprint density at radius 2 is 1.63 bits per heavy atom. The van der Waals surface area contributed by atoms with Gasteiger partial charge in [0.1, 0.15) is 0 Å².